The lowest BCUT2D eigenvalue weighted by Gasteiger charge is -2.28. The maximum atomic E-state index is 12.5. The van der Waals surface area contributed by atoms with Gasteiger partial charge in [-0.15, -0.1) is 0 Å². The van der Waals surface area contributed by atoms with Gasteiger partial charge in [0.05, 0.1) is 0 Å². The van der Waals surface area contributed by atoms with Crippen LogP contribution in [0.4, 0.5) is 0 Å². The molecule has 126 valence electrons. The monoisotopic (exact) mass is 317 g/mol. The van der Waals surface area contributed by atoms with E-state index in [0.717, 1.165) is 24.7 Å². The molecule has 0 aliphatic heterocycles. The summed E-state index contributed by atoms with van der Waals surface area (Å²) in [7, 11) is 0. The van der Waals surface area contributed by atoms with Crippen LogP contribution in [0.5, 0.6) is 0 Å². The molecule has 2 aliphatic carbocycles. The molecule has 1 aromatic heterocycles. The first kappa shape index (κ1) is 16.2. The first-order valence-electron chi connectivity index (χ1n) is 8.97. The number of rotatable bonds is 6. The Morgan fingerprint density at radius 1 is 1.39 bits per heavy atom. The molecule has 5 heteroatoms. The fraction of sp³-hybridized carbons (Fsp3) is 0.722. The third-order valence-corrected chi connectivity index (χ3v) is 5.62. The molecular formula is C18H27N3O2. The number of aryl methyl sites for hydroxylation is 1. The van der Waals surface area contributed by atoms with Gasteiger partial charge < -0.3 is 5.32 Å². The number of carbonyl (C=O) groups is 1. The third kappa shape index (κ3) is 3.48. The second kappa shape index (κ2) is 6.85. The van der Waals surface area contributed by atoms with Gasteiger partial charge in [0, 0.05) is 18.7 Å². The van der Waals surface area contributed by atoms with Gasteiger partial charge in [0.2, 0.25) is 0 Å². The highest BCUT2D eigenvalue weighted by Crippen LogP contribution is 2.49. The van der Waals surface area contributed by atoms with Crippen molar-refractivity contribution >= 4 is 5.91 Å². The molecular weight excluding hydrogens is 290 g/mol. The minimum Gasteiger partial charge on any atom is -0.348 e. The molecule has 2 saturated carbocycles. The quantitative estimate of drug-likeness (QED) is 0.877. The lowest BCUT2D eigenvalue weighted by molar-refractivity contribution is 0.0907. The Kier molecular flexibility index (Phi) is 4.83. The molecule has 2 bridgehead atoms. The highest BCUT2D eigenvalue weighted by molar-refractivity contribution is 5.92. The molecule has 2 fully saturated rings. The summed E-state index contributed by atoms with van der Waals surface area (Å²) >= 11 is 0. The van der Waals surface area contributed by atoms with Crippen LogP contribution in [0, 0.1) is 17.8 Å². The molecule has 5 nitrogen and oxygen atoms in total. The van der Waals surface area contributed by atoms with Crippen LogP contribution in [0.2, 0.25) is 0 Å². The minimum atomic E-state index is -0.162. The number of aromatic nitrogens is 2. The Morgan fingerprint density at radius 2 is 2.22 bits per heavy atom. The van der Waals surface area contributed by atoms with Crippen molar-refractivity contribution in [2.24, 2.45) is 17.8 Å². The molecule has 4 unspecified atom stereocenters. The maximum absolute atomic E-state index is 12.5. The smallest absolute Gasteiger partial charge is 0.271 e. The predicted molar refractivity (Wildman–Crippen MR) is 89.3 cm³/mol. The summed E-state index contributed by atoms with van der Waals surface area (Å²) in [5.74, 6) is 2.09. The first-order chi connectivity index (χ1) is 11.1. The third-order valence-electron chi connectivity index (χ3n) is 5.62. The number of hydrogen-bond donors (Lipinski definition) is 1. The molecule has 0 saturated heterocycles. The van der Waals surface area contributed by atoms with Crippen molar-refractivity contribution in [3.05, 3.63) is 28.2 Å². The molecule has 0 radical (unpaired) electrons. The van der Waals surface area contributed by atoms with E-state index < -0.39 is 0 Å². The lowest BCUT2D eigenvalue weighted by atomic mass is 9.84. The van der Waals surface area contributed by atoms with Crippen LogP contribution in [0.25, 0.3) is 0 Å². The normalized spacial score (nSPS) is 27.1. The van der Waals surface area contributed by atoms with Crippen LogP contribution in [-0.2, 0) is 6.54 Å². The van der Waals surface area contributed by atoms with Crippen molar-refractivity contribution in [2.75, 3.05) is 0 Å². The summed E-state index contributed by atoms with van der Waals surface area (Å²) in [6, 6.07) is 3.16. The van der Waals surface area contributed by atoms with Crippen LogP contribution in [-0.4, -0.2) is 21.7 Å². The number of carbonyl (C=O) groups excluding carboxylic acids is 1. The zero-order chi connectivity index (χ0) is 16.4. The van der Waals surface area contributed by atoms with Crippen LogP contribution in [0.1, 0.15) is 62.9 Å². The highest BCUT2D eigenvalue weighted by Gasteiger charge is 2.42. The SMILES string of the molecule is CCCCn1nc(C(=O)NC(C)C2CC3CCC2C3)ccc1=O. The summed E-state index contributed by atoms with van der Waals surface area (Å²) in [6.45, 7) is 4.74. The Balaban J connectivity index is 1.64. The fourth-order valence-electron chi connectivity index (χ4n) is 4.33. The van der Waals surface area contributed by atoms with Crippen LogP contribution < -0.4 is 10.9 Å². The van der Waals surface area contributed by atoms with E-state index in [2.05, 4.69) is 24.3 Å². The van der Waals surface area contributed by atoms with Crippen molar-refractivity contribution in [1.82, 2.24) is 15.1 Å². The van der Waals surface area contributed by atoms with Crippen molar-refractivity contribution in [3.8, 4) is 0 Å². The summed E-state index contributed by atoms with van der Waals surface area (Å²) in [6.07, 6.45) is 7.15. The van der Waals surface area contributed by atoms with E-state index in [0.29, 0.717) is 18.2 Å². The Labute approximate surface area is 137 Å². The zero-order valence-corrected chi connectivity index (χ0v) is 14.1. The second-order valence-electron chi connectivity index (χ2n) is 7.23. The fourth-order valence-corrected chi connectivity index (χ4v) is 4.33. The summed E-state index contributed by atoms with van der Waals surface area (Å²) in [5.41, 5.74) is 0.201. The van der Waals surface area contributed by atoms with Gasteiger partial charge in [-0.05, 0) is 56.4 Å². The van der Waals surface area contributed by atoms with Crippen LogP contribution in [0.3, 0.4) is 0 Å². The van der Waals surface area contributed by atoms with Crippen molar-refractivity contribution in [3.63, 3.8) is 0 Å². The molecule has 23 heavy (non-hydrogen) atoms. The molecule has 4 atom stereocenters. The minimum absolute atomic E-state index is 0.142. The van der Waals surface area contributed by atoms with Gasteiger partial charge in [0.15, 0.2) is 0 Å². The van der Waals surface area contributed by atoms with E-state index in [9.17, 15) is 9.59 Å². The first-order valence-corrected chi connectivity index (χ1v) is 8.97. The van der Waals surface area contributed by atoms with Crippen LogP contribution >= 0.6 is 0 Å². The molecule has 0 aromatic carbocycles. The van der Waals surface area contributed by atoms with E-state index in [1.165, 1.54) is 42.5 Å². The Hall–Kier alpha value is -1.65. The second-order valence-corrected chi connectivity index (χ2v) is 7.23. The number of nitrogens with one attached hydrogen (secondary N) is 1. The number of amides is 1. The Bertz CT molecular complexity index is 625. The predicted octanol–water partition coefficient (Wildman–Crippen LogP) is 2.60. The summed E-state index contributed by atoms with van der Waals surface area (Å²) in [5, 5.41) is 7.34. The zero-order valence-electron chi connectivity index (χ0n) is 14.1. The van der Waals surface area contributed by atoms with Gasteiger partial charge in [-0.3, -0.25) is 9.59 Å². The average molecular weight is 317 g/mol. The standard InChI is InChI=1S/C18H27N3O2/c1-3-4-9-21-17(22)8-7-16(20-21)18(23)19-12(2)15-11-13-5-6-14(15)10-13/h7-8,12-15H,3-6,9-11H2,1-2H3,(H,19,23). The number of fused-ring (bicyclic) bond motifs is 2. The summed E-state index contributed by atoms with van der Waals surface area (Å²) in [4.78, 5) is 24.3. The largest absolute Gasteiger partial charge is 0.348 e. The maximum Gasteiger partial charge on any atom is 0.271 e. The lowest BCUT2D eigenvalue weighted by Crippen LogP contribution is -2.41. The molecule has 1 heterocycles. The van der Waals surface area contributed by atoms with Gasteiger partial charge >= 0.3 is 0 Å². The molecule has 3 rings (SSSR count). The molecule has 1 amide bonds. The van der Waals surface area contributed by atoms with E-state index in [4.69, 9.17) is 0 Å². The van der Waals surface area contributed by atoms with E-state index in [1.807, 2.05) is 0 Å². The molecule has 2 aliphatic rings. The van der Waals surface area contributed by atoms with Gasteiger partial charge in [-0.2, -0.15) is 5.10 Å². The van der Waals surface area contributed by atoms with E-state index >= 15 is 0 Å². The van der Waals surface area contributed by atoms with Gasteiger partial charge in [0.1, 0.15) is 5.69 Å². The van der Waals surface area contributed by atoms with Gasteiger partial charge in [0.25, 0.3) is 11.5 Å². The topological polar surface area (TPSA) is 64.0 Å². The molecule has 1 N–H and O–H groups in total. The molecule has 1 aromatic rings. The van der Waals surface area contributed by atoms with Crippen LogP contribution in [0.15, 0.2) is 16.9 Å². The summed E-state index contributed by atoms with van der Waals surface area (Å²) < 4.78 is 1.40. The van der Waals surface area contributed by atoms with Crippen molar-refractivity contribution < 1.29 is 4.79 Å². The number of nitrogens with zero attached hydrogens (tertiary/aromatic N) is 2. The number of hydrogen-bond acceptors (Lipinski definition) is 3. The Morgan fingerprint density at radius 3 is 2.87 bits per heavy atom. The highest BCUT2D eigenvalue weighted by atomic mass is 16.2. The van der Waals surface area contributed by atoms with E-state index in [1.54, 1.807) is 0 Å². The van der Waals surface area contributed by atoms with E-state index in [-0.39, 0.29) is 17.5 Å². The molecule has 0 spiro atoms. The van der Waals surface area contributed by atoms with Crippen molar-refractivity contribution in [1.29, 1.82) is 0 Å². The average Bonchev–Trinajstić information content (AvgIpc) is 3.17. The van der Waals surface area contributed by atoms with Crippen molar-refractivity contribution in [2.45, 2.75) is 65.0 Å². The van der Waals surface area contributed by atoms with Gasteiger partial charge in [-0.1, -0.05) is 19.8 Å². The number of unbranched alkanes of at least 4 members (excludes halogenated alkanes) is 1. The van der Waals surface area contributed by atoms with Gasteiger partial charge in [-0.25, -0.2) is 4.68 Å².